The Labute approximate surface area is 145 Å². The first kappa shape index (κ1) is 16.8. The summed E-state index contributed by atoms with van der Waals surface area (Å²) in [5.41, 5.74) is 1.91. The summed E-state index contributed by atoms with van der Waals surface area (Å²) in [7, 11) is -2.60. The van der Waals surface area contributed by atoms with Gasteiger partial charge in [0.05, 0.1) is 4.90 Å². The lowest BCUT2D eigenvalue weighted by Crippen LogP contribution is -2.00. The SMILES string of the molecule is Cc1cc(Nc2ccnc(Nc3ccc([SH](=O)=O)cc3)n2)ccc1F. The molecular weight excluding hydrogens is 343 g/mol. The summed E-state index contributed by atoms with van der Waals surface area (Å²) in [6, 6.07) is 12.7. The topological polar surface area (TPSA) is 84.0 Å². The Kier molecular flexibility index (Phi) is 4.90. The predicted octanol–water partition coefficient (Wildman–Crippen LogP) is 3.38. The van der Waals surface area contributed by atoms with Gasteiger partial charge in [0, 0.05) is 17.6 Å². The van der Waals surface area contributed by atoms with Crippen LogP contribution in [-0.4, -0.2) is 18.4 Å². The number of rotatable bonds is 5. The third-order valence-electron chi connectivity index (χ3n) is 3.42. The van der Waals surface area contributed by atoms with Gasteiger partial charge < -0.3 is 10.6 Å². The van der Waals surface area contributed by atoms with Gasteiger partial charge in [-0.2, -0.15) is 4.98 Å². The van der Waals surface area contributed by atoms with Gasteiger partial charge in [-0.3, -0.25) is 0 Å². The number of aryl methyl sites for hydroxylation is 1. The number of hydrogen-bond donors (Lipinski definition) is 3. The first-order valence-corrected chi connectivity index (χ1v) is 8.57. The molecule has 6 nitrogen and oxygen atoms in total. The van der Waals surface area contributed by atoms with E-state index >= 15 is 0 Å². The molecule has 0 fully saturated rings. The molecule has 0 unspecified atom stereocenters. The molecule has 0 atom stereocenters. The molecule has 0 radical (unpaired) electrons. The van der Waals surface area contributed by atoms with Crippen molar-refractivity contribution in [3.05, 3.63) is 66.1 Å². The summed E-state index contributed by atoms with van der Waals surface area (Å²) in [4.78, 5) is 8.69. The fraction of sp³-hybridized carbons (Fsp3) is 0.0588. The van der Waals surface area contributed by atoms with E-state index in [4.69, 9.17) is 0 Å². The van der Waals surface area contributed by atoms with Gasteiger partial charge in [0.15, 0.2) is 10.7 Å². The Morgan fingerprint density at radius 2 is 1.68 bits per heavy atom. The second kappa shape index (κ2) is 7.27. The molecule has 3 aromatic rings. The van der Waals surface area contributed by atoms with Gasteiger partial charge in [0.1, 0.15) is 11.6 Å². The summed E-state index contributed by atoms with van der Waals surface area (Å²) in [5, 5.41) is 6.08. The quantitative estimate of drug-likeness (QED) is 0.607. The van der Waals surface area contributed by atoms with Gasteiger partial charge in [-0.05, 0) is 61.0 Å². The zero-order chi connectivity index (χ0) is 17.8. The van der Waals surface area contributed by atoms with Crippen LogP contribution in [0.1, 0.15) is 5.56 Å². The van der Waals surface area contributed by atoms with Crippen LogP contribution in [0.4, 0.5) is 27.5 Å². The molecule has 2 aromatic carbocycles. The van der Waals surface area contributed by atoms with Crippen molar-refractivity contribution in [3.63, 3.8) is 0 Å². The first-order chi connectivity index (χ1) is 12.0. The van der Waals surface area contributed by atoms with Gasteiger partial charge >= 0.3 is 0 Å². The maximum absolute atomic E-state index is 13.3. The third-order valence-corrected chi connectivity index (χ3v) is 4.14. The van der Waals surface area contributed by atoms with Crippen molar-refractivity contribution in [1.29, 1.82) is 0 Å². The molecule has 0 aliphatic rings. The number of thiol groups is 1. The highest BCUT2D eigenvalue weighted by Crippen LogP contribution is 2.20. The van der Waals surface area contributed by atoms with Gasteiger partial charge in [0.25, 0.3) is 0 Å². The maximum Gasteiger partial charge on any atom is 0.229 e. The van der Waals surface area contributed by atoms with Crippen molar-refractivity contribution in [2.45, 2.75) is 11.8 Å². The van der Waals surface area contributed by atoms with Crippen LogP contribution in [0, 0.1) is 12.7 Å². The smallest absolute Gasteiger partial charge is 0.229 e. The van der Waals surface area contributed by atoms with Gasteiger partial charge in [-0.1, -0.05) is 0 Å². The van der Waals surface area contributed by atoms with Crippen molar-refractivity contribution in [2.75, 3.05) is 10.6 Å². The summed E-state index contributed by atoms with van der Waals surface area (Å²) < 4.78 is 35.1. The van der Waals surface area contributed by atoms with Crippen molar-refractivity contribution in [3.8, 4) is 0 Å². The fourth-order valence-electron chi connectivity index (χ4n) is 2.15. The minimum atomic E-state index is -2.60. The van der Waals surface area contributed by atoms with Crippen molar-refractivity contribution in [2.24, 2.45) is 0 Å². The molecule has 0 aliphatic carbocycles. The van der Waals surface area contributed by atoms with E-state index in [1.807, 2.05) is 0 Å². The van der Waals surface area contributed by atoms with Gasteiger partial charge in [0.2, 0.25) is 5.95 Å². The molecule has 25 heavy (non-hydrogen) atoms. The molecule has 1 aromatic heterocycles. The third kappa shape index (κ3) is 4.30. The lowest BCUT2D eigenvalue weighted by molar-refractivity contribution is 0.614. The largest absolute Gasteiger partial charge is 0.340 e. The van der Waals surface area contributed by atoms with Crippen molar-refractivity contribution >= 4 is 33.8 Å². The highest BCUT2D eigenvalue weighted by molar-refractivity contribution is 7.72. The molecule has 0 spiro atoms. The molecule has 128 valence electrons. The van der Waals surface area contributed by atoms with Crippen molar-refractivity contribution in [1.82, 2.24) is 9.97 Å². The minimum absolute atomic E-state index is 0.239. The van der Waals surface area contributed by atoms with Gasteiger partial charge in [-0.25, -0.2) is 17.8 Å². The number of nitrogens with one attached hydrogen (secondary N) is 2. The Morgan fingerprint density at radius 3 is 2.36 bits per heavy atom. The first-order valence-electron chi connectivity index (χ1n) is 7.39. The zero-order valence-corrected chi connectivity index (χ0v) is 14.1. The van der Waals surface area contributed by atoms with E-state index in [0.717, 1.165) is 0 Å². The Hall–Kier alpha value is -3.00. The van der Waals surface area contributed by atoms with E-state index in [0.29, 0.717) is 28.7 Å². The highest BCUT2D eigenvalue weighted by atomic mass is 32.2. The predicted molar refractivity (Wildman–Crippen MR) is 94.8 cm³/mol. The number of hydrogen-bond acceptors (Lipinski definition) is 6. The average Bonchev–Trinajstić information content (AvgIpc) is 2.59. The zero-order valence-electron chi connectivity index (χ0n) is 13.2. The number of benzene rings is 2. The van der Waals surface area contributed by atoms with E-state index in [9.17, 15) is 12.8 Å². The molecule has 1 heterocycles. The molecule has 0 amide bonds. The van der Waals surface area contributed by atoms with Crippen LogP contribution >= 0.6 is 0 Å². The highest BCUT2D eigenvalue weighted by Gasteiger charge is 2.03. The Morgan fingerprint density at radius 1 is 0.960 bits per heavy atom. The minimum Gasteiger partial charge on any atom is -0.340 e. The van der Waals surface area contributed by atoms with Crippen LogP contribution in [0.3, 0.4) is 0 Å². The summed E-state index contributed by atoms with van der Waals surface area (Å²) in [6.07, 6.45) is 1.58. The van der Waals surface area contributed by atoms with Crippen LogP contribution in [-0.2, 0) is 10.7 Å². The second-order valence-electron chi connectivity index (χ2n) is 5.28. The van der Waals surface area contributed by atoms with Crippen molar-refractivity contribution < 1.29 is 12.8 Å². The number of nitrogens with zero attached hydrogens (tertiary/aromatic N) is 2. The molecular formula is C17H15FN4O2S. The van der Waals surface area contributed by atoms with E-state index in [1.165, 1.54) is 18.2 Å². The Balaban J connectivity index is 1.75. The van der Waals surface area contributed by atoms with E-state index in [-0.39, 0.29) is 10.7 Å². The number of halogens is 1. The summed E-state index contributed by atoms with van der Waals surface area (Å²) in [6.45, 7) is 1.69. The van der Waals surface area contributed by atoms with E-state index < -0.39 is 10.7 Å². The fourth-order valence-corrected chi connectivity index (χ4v) is 2.55. The molecule has 0 saturated heterocycles. The maximum atomic E-state index is 13.3. The van der Waals surface area contributed by atoms with Crippen LogP contribution in [0.2, 0.25) is 0 Å². The molecule has 0 bridgehead atoms. The number of aromatic nitrogens is 2. The summed E-state index contributed by atoms with van der Waals surface area (Å²) in [5.74, 6) is 0.629. The van der Waals surface area contributed by atoms with Crippen LogP contribution < -0.4 is 10.6 Å². The van der Waals surface area contributed by atoms with E-state index in [1.54, 1.807) is 43.5 Å². The monoisotopic (exact) mass is 358 g/mol. The molecule has 0 saturated carbocycles. The second-order valence-corrected chi connectivity index (χ2v) is 6.31. The molecule has 8 heteroatoms. The molecule has 0 aliphatic heterocycles. The van der Waals surface area contributed by atoms with Crippen LogP contribution in [0.15, 0.2) is 59.6 Å². The lowest BCUT2D eigenvalue weighted by atomic mass is 10.2. The van der Waals surface area contributed by atoms with Crippen LogP contribution in [0.25, 0.3) is 0 Å². The standard InChI is InChI=1S/C17H15FN4O2S/c1-11-10-13(4-7-15(11)18)20-16-8-9-19-17(22-16)21-12-2-5-14(6-3-12)25(23)24/h2-10,25H,1H3,(H2,19,20,21,22). The normalized spacial score (nSPS) is 10.7. The van der Waals surface area contributed by atoms with E-state index in [2.05, 4.69) is 20.6 Å². The molecule has 2 N–H and O–H groups in total. The summed E-state index contributed by atoms with van der Waals surface area (Å²) >= 11 is 0. The number of anilines is 4. The average molecular weight is 358 g/mol. The molecule has 3 rings (SSSR count). The lowest BCUT2D eigenvalue weighted by Gasteiger charge is -2.09. The Bertz CT molecular complexity index is 967. The van der Waals surface area contributed by atoms with Crippen LogP contribution in [0.5, 0.6) is 0 Å². The van der Waals surface area contributed by atoms with Gasteiger partial charge in [-0.15, -0.1) is 0 Å².